The lowest BCUT2D eigenvalue weighted by atomic mass is 10.1. The van der Waals surface area contributed by atoms with Gasteiger partial charge >= 0.3 is 0 Å². The van der Waals surface area contributed by atoms with Crippen LogP contribution in [0.1, 0.15) is 70.9 Å². The van der Waals surface area contributed by atoms with Crippen LogP contribution in [-0.4, -0.2) is 34.6 Å². The Bertz CT molecular complexity index is 476. The molecule has 0 N–H and O–H groups in total. The maximum absolute atomic E-state index is 9.06. The molecule has 0 bridgehead atoms. The highest BCUT2D eigenvalue weighted by Gasteiger charge is 2.31. The summed E-state index contributed by atoms with van der Waals surface area (Å²) in [5.41, 5.74) is 2.21. The van der Waals surface area contributed by atoms with Crippen molar-refractivity contribution in [1.29, 1.82) is 0 Å². The monoisotopic (exact) mass is 327 g/mol. The van der Waals surface area contributed by atoms with Crippen molar-refractivity contribution < 1.29 is 4.79 Å². The predicted molar refractivity (Wildman–Crippen MR) is 94.7 cm³/mol. The van der Waals surface area contributed by atoms with Crippen LogP contribution in [0.25, 0.3) is 0 Å². The van der Waals surface area contributed by atoms with Crippen LogP contribution in [0.15, 0.2) is 12.7 Å². The van der Waals surface area contributed by atoms with E-state index in [1.807, 2.05) is 13.8 Å². The highest BCUT2D eigenvalue weighted by atomic mass is 35.5. The predicted octanol–water partition coefficient (Wildman–Crippen LogP) is 4.62. The van der Waals surface area contributed by atoms with E-state index in [0.29, 0.717) is 24.3 Å². The van der Waals surface area contributed by atoms with Gasteiger partial charge in [-0.05, 0) is 32.9 Å². The zero-order valence-corrected chi connectivity index (χ0v) is 15.7. The van der Waals surface area contributed by atoms with E-state index in [9.17, 15) is 0 Å². The van der Waals surface area contributed by atoms with Crippen LogP contribution in [0, 0.1) is 0 Å². The molecular formula is C17H30ClN3O. The summed E-state index contributed by atoms with van der Waals surface area (Å²) in [6.45, 7) is 16.8. The summed E-state index contributed by atoms with van der Waals surface area (Å²) in [6.07, 6.45) is 1.83. The second-order valence-corrected chi connectivity index (χ2v) is 5.90. The first-order chi connectivity index (χ1) is 10.3. The number of aldehydes is 1. The van der Waals surface area contributed by atoms with Crippen LogP contribution >= 0.6 is 11.6 Å². The molecule has 0 aromatic carbocycles. The summed E-state index contributed by atoms with van der Waals surface area (Å²) >= 11 is 6.45. The number of allylic oxidation sites excluding steroid dienone is 1. The van der Waals surface area contributed by atoms with Gasteiger partial charge in [0.15, 0.2) is 0 Å². The summed E-state index contributed by atoms with van der Waals surface area (Å²) in [4.78, 5) is 11.4. The van der Waals surface area contributed by atoms with Crippen molar-refractivity contribution in [2.24, 2.45) is 0 Å². The molecule has 1 aliphatic heterocycles. The fraction of sp³-hybridized carbons (Fsp3) is 0.647. The third kappa shape index (κ3) is 4.68. The number of fused-ring (bicyclic) bond motifs is 1. The molecule has 0 amide bonds. The average molecular weight is 328 g/mol. The van der Waals surface area contributed by atoms with Gasteiger partial charge in [-0.25, -0.2) is 0 Å². The number of nitrogens with zero attached hydrogens (tertiary/aromatic N) is 3. The van der Waals surface area contributed by atoms with E-state index in [4.69, 9.17) is 16.4 Å². The SMILES string of the molecule is C=CC=O.CC.CC(C)c1nn2c(c1Cl)C(C)N(C)CC2C. The first kappa shape index (κ1) is 20.9. The smallest absolute Gasteiger partial charge is 0.142 e. The zero-order valence-electron chi connectivity index (χ0n) is 14.9. The molecule has 2 heterocycles. The highest BCUT2D eigenvalue weighted by molar-refractivity contribution is 6.32. The summed E-state index contributed by atoms with van der Waals surface area (Å²) in [7, 11) is 2.14. The van der Waals surface area contributed by atoms with Crippen molar-refractivity contribution in [3.63, 3.8) is 0 Å². The molecule has 4 nitrogen and oxygen atoms in total. The highest BCUT2D eigenvalue weighted by Crippen LogP contribution is 2.37. The molecule has 1 aliphatic rings. The van der Waals surface area contributed by atoms with Crippen molar-refractivity contribution in [1.82, 2.24) is 14.7 Å². The van der Waals surface area contributed by atoms with E-state index in [0.717, 1.165) is 17.3 Å². The Morgan fingerprint density at radius 3 is 2.27 bits per heavy atom. The summed E-state index contributed by atoms with van der Waals surface area (Å²) in [6, 6.07) is 0.755. The first-order valence-corrected chi connectivity index (χ1v) is 8.27. The summed E-state index contributed by atoms with van der Waals surface area (Å²) in [5, 5.41) is 5.54. The van der Waals surface area contributed by atoms with E-state index >= 15 is 0 Å². The molecular weight excluding hydrogens is 298 g/mol. The molecule has 22 heavy (non-hydrogen) atoms. The van der Waals surface area contributed by atoms with Crippen molar-refractivity contribution in [3.05, 3.63) is 29.1 Å². The van der Waals surface area contributed by atoms with E-state index in [-0.39, 0.29) is 0 Å². The van der Waals surface area contributed by atoms with Gasteiger partial charge in [-0.1, -0.05) is 45.9 Å². The number of hydrogen-bond donors (Lipinski definition) is 0. The second kappa shape index (κ2) is 9.80. The molecule has 2 rings (SSSR count). The maximum atomic E-state index is 9.06. The third-order valence-electron chi connectivity index (χ3n) is 3.58. The van der Waals surface area contributed by atoms with Gasteiger partial charge < -0.3 is 0 Å². The fourth-order valence-electron chi connectivity index (χ4n) is 2.39. The Kier molecular flexibility index (Phi) is 9.30. The number of halogens is 1. The molecule has 1 aromatic rings. The third-order valence-corrected chi connectivity index (χ3v) is 3.97. The van der Waals surface area contributed by atoms with Gasteiger partial charge in [-0.2, -0.15) is 5.10 Å². The van der Waals surface area contributed by atoms with Gasteiger partial charge in [0.05, 0.1) is 28.5 Å². The molecule has 126 valence electrons. The van der Waals surface area contributed by atoms with Gasteiger partial charge in [0.25, 0.3) is 0 Å². The molecule has 2 atom stereocenters. The second-order valence-electron chi connectivity index (χ2n) is 5.52. The normalized spacial score (nSPS) is 20.2. The molecule has 0 spiro atoms. The largest absolute Gasteiger partial charge is 0.299 e. The lowest BCUT2D eigenvalue weighted by Crippen LogP contribution is -2.36. The number of rotatable bonds is 2. The van der Waals surface area contributed by atoms with Gasteiger partial charge in [0.2, 0.25) is 0 Å². The average Bonchev–Trinajstić information content (AvgIpc) is 2.86. The lowest BCUT2D eigenvalue weighted by molar-refractivity contribution is -0.104. The standard InChI is InChI=1S/C12H20ClN3.C3H4O.C2H6/c1-7(2)11-10(13)12-9(4)15(5)6-8(3)16(12)14-11;1-2-3-4;1-2/h7-9H,6H2,1-5H3;2-3H,1H2;1-2H3. The topological polar surface area (TPSA) is 38.1 Å². The Labute approximate surface area is 140 Å². The van der Waals surface area contributed by atoms with Crippen molar-refractivity contribution in [3.8, 4) is 0 Å². The van der Waals surface area contributed by atoms with Crippen molar-refractivity contribution in [2.45, 2.75) is 59.5 Å². The van der Waals surface area contributed by atoms with Crippen LogP contribution in [-0.2, 0) is 4.79 Å². The Morgan fingerprint density at radius 2 is 1.86 bits per heavy atom. The van der Waals surface area contributed by atoms with Gasteiger partial charge in [-0.15, -0.1) is 0 Å². The van der Waals surface area contributed by atoms with E-state index < -0.39 is 0 Å². The molecule has 0 saturated carbocycles. The van der Waals surface area contributed by atoms with Crippen LogP contribution < -0.4 is 0 Å². The van der Waals surface area contributed by atoms with Crippen LogP contribution in [0.3, 0.4) is 0 Å². The van der Waals surface area contributed by atoms with Gasteiger partial charge in [0, 0.05) is 6.54 Å². The van der Waals surface area contributed by atoms with E-state index in [2.05, 4.69) is 56.0 Å². The fourth-order valence-corrected chi connectivity index (χ4v) is 2.89. The van der Waals surface area contributed by atoms with E-state index in [1.54, 1.807) is 0 Å². The zero-order chi connectivity index (χ0) is 17.4. The van der Waals surface area contributed by atoms with E-state index in [1.165, 1.54) is 11.8 Å². The number of aromatic nitrogens is 2. The number of likely N-dealkylation sites (N-methyl/N-ethyl adjacent to an activating group) is 1. The molecule has 0 saturated heterocycles. The van der Waals surface area contributed by atoms with Crippen LogP contribution in [0.5, 0.6) is 0 Å². The maximum Gasteiger partial charge on any atom is 0.142 e. The van der Waals surface area contributed by atoms with Gasteiger partial charge in [-0.3, -0.25) is 14.4 Å². The van der Waals surface area contributed by atoms with Crippen molar-refractivity contribution in [2.75, 3.05) is 13.6 Å². The molecule has 0 radical (unpaired) electrons. The van der Waals surface area contributed by atoms with Crippen LogP contribution in [0.2, 0.25) is 5.02 Å². The lowest BCUT2D eigenvalue weighted by Gasteiger charge is -2.34. The molecule has 0 aliphatic carbocycles. The minimum atomic E-state index is 0.351. The molecule has 1 aromatic heterocycles. The van der Waals surface area contributed by atoms with Crippen LogP contribution in [0.4, 0.5) is 0 Å². The quantitative estimate of drug-likeness (QED) is 0.587. The number of carbonyl (C=O) groups excluding carboxylic acids is 1. The minimum Gasteiger partial charge on any atom is -0.299 e. The van der Waals surface area contributed by atoms with Gasteiger partial charge in [0.1, 0.15) is 6.29 Å². The minimum absolute atomic E-state index is 0.351. The molecule has 5 heteroatoms. The first-order valence-electron chi connectivity index (χ1n) is 7.89. The molecule has 2 unspecified atom stereocenters. The summed E-state index contributed by atoms with van der Waals surface area (Å²) < 4.78 is 2.11. The Hall–Kier alpha value is -1.13. The van der Waals surface area contributed by atoms with Crippen molar-refractivity contribution >= 4 is 17.9 Å². The summed E-state index contributed by atoms with van der Waals surface area (Å²) in [5.74, 6) is 0.385. The Morgan fingerprint density at radius 1 is 1.36 bits per heavy atom. The molecule has 0 fully saturated rings. The Balaban J connectivity index is 0.000000640. The number of carbonyl (C=O) groups is 1. The number of hydrogen-bond acceptors (Lipinski definition) is 3.